The van der Waals surface area contributed by atoms with Gasteiger partial charge in [-0.05, 0) is 59.9 Å². The fourth-order valence-corrected chi connectivity index (χ4v) is 5.29. The number of nitrogens with two attached hydrogens (primary N) is 1. The second-order valence-corrected chi connectivity index (χ2v) is 8.17. The Labute approximate surface area is 149 Å². The van der Waals surface area contributed by atoms with Crippen LogP contribution in [0.5, 0.6) is 0 Å². The number of rotatable bonds is 4. The zero-order chi connectivity index (χ0) is 16.9. The van der Waals surface area contributed by atoms with E-state index in [4.69, 9.17) is 5.73 Å². The molecule has 0 aromatic heterocycles. The molecule has 1 aliphatic heterocycles. The van der Waals surface area contributed by atoms with Crippen LogP contribution in [0, 0.1) is 0 Å². The fourth-order valence-electron chi connectivity index (χ4n) is 2.39. The second kappa shape index (κ2) is 7.77. The molecule has 3 rings (SSSR count). The van der Waals surface area contributed by atoms with Crippen molar-refractivity contribution in [2.75, 3.05) is 16.8 Å². The molecular formula is C18H18N2O2S2. The van der Waals surface area contributed by atoms with E-state index in [1.165, 1.54) is 23.5 Å². The van der Waals surface area contributed by atoms with Gasteiger partial charge in [0.05, 0.1) is 4.58 Å². The summed E-state index contributed by atoms with van der Waals surface area (Å²) in [6, 6.07) is 14.3. The van der Waals surface area contributed by atoms with Crippen LogP contribution in [-0.2, 0) is 0 Å². The largest absolute Gasteiger partial charge is 0.366 e. The lowest BCUT2D eigenvalue weighted by Crippen LogP contribution is -2.13. The van der Waals surface area contributed by atoms with E-state index in [-0.39, 0.29) is 5.91 Å². The molecule has 1 fully saturated rings. The van der Waals surface area contributed by atoms with Gasteiger partial charge in [-0.3, -0.25) is 9.59 Å². The molecule has 1 saturated heterocycles. The van der Waals surface area contributed by atoms with E-state index in [0.717, 1.165) is 0 Å². The minimum atomic E-state index is -0.484. The molecule has 1 heterocycles. The summed E-state index contributed by atoms with van der Waals surface area (Å²) in [5.74, 6) is 1.74. The van der Waals surface area contributed by atoms with Crippen LogP contribution < -0.4 is 11.1 Å². The summed E-state index contributed by atoms with van der Waals surface area (Å²) in [5, 5.41) is 2.82. The van der Waals surface area contributed by atoms with Crippen LogP contribution in [0.15, 0.2) is 48.5 Å². The van der Waals surface area contributed by atoms with Crippen LogP contribution in [-0.4, -0.2) is 23.3 Å². The maximum absolute atomic E-state index is 12.3. The maximum Gasteiger partial charge on any atom is 0.255 e. The topological polar surface area (TPSA) is 72.2 Å². The highest BCUT2D eigenvalue weighted by Gasteiger charge is 2.17. The SMILES string of the molecule is NC(=O)c1ccc(NC(=O)c2ccc(C3SCCCS3)cc2)cc1. The Morgan fingerprint density at radius 2 is 1.50 bits per heavy atom. The lowest BCUT2D eigenvalue weighted by atomic mass is 10.1. The third-order valence-electron chi connectivity index (χ3n) is 3.70. The van der Waals surface area contributed by atoms with E-state index < -0.39 is 5.91 Å². The molecule has 124 valence electrons. The number of primary amides is 1. The standard InChI is InChI=1S/C18H18N2O2S2/c19-16(21)12-6-8-15(9-7-12)20-17(22)13-2-4-14(5-3-13)18-23-10-1-11-24-18/h2-9,18H,1,10-11H2,(H2,19,21)(H,20,22). The molecule has 0 saturated carbocycles. The highest BCUT2D eigenvalue weighted by atomic mass is 32.2. The zero-order valence-corrected chi connectivity index (χ0v) is 14.7. The van der Waals surface area contributed by atoms with Gasteiger partial charge < -0.3 is 11.1 Å². The van der Waals surface area contributed by atoms with Crippen molar-refractivity contribution < 1.29 is 9.59 Å². The summed E-state index contributed by atoms with van der Waals surface area (Å²) in [5.41, 5.74) is 8.12. The van der Waals surface area contributed by atoms with E-state index in [9.17, 15) is 9.59 Å². The monoisotopic (exact) mass is 358 g/mol. The lowest BCUT2D eigenvalue weighted by Gasteiger charge is -2.21. The normalized spacial score (nSPS) is 15.0. The molecule has 2 aromatic carbocycles. The predicted molar refractivity (Wildman–Crippen MR) is 102 cm³/mol. The van der Waals surface area contributed by atoms with Crippen molar-refractivity contribution in [2.45, 2.75) is 11.0 Å². The molecule has 0 unspecified atom stereocenters. The molecule has 0 radical (unpaired) electrons. The molecular weight excluding hydrogens is 340 g/mol. The number of carbonyl (C=O) groups is 2. The quantitative estimate of drug-likeness (QED) is 0.869. The average molecular weight is 358 g/mol. The van der Waals surface area contributed by atoms with Gasteiger partial charge >= 0.3 is 0 Å². The number of anilines is 1. The minimum Gasteiger partial charge on any atom is -0.366 e. The molecule has 0 spiro atoms. The van der Waals surface area contributed by atoms with Gasteiger partial charge in [0.15, 0.2) is 0 Å². The highest BCUT2D eigenvalue weighted by Crippen LogP contribution is 2.43. The van der Waals surface area contributed by atoms with Gasteiger partial charge in [0.25, 0.3) is 5.91 Å². The number of amides is 2. The van der Waals surface area contributed by atoms with E-state index >= 15 is 0 Å². The summed E-state index contributed by atoms with van der Waals surface area (Å²) in [7, 11) is 0. The summed E-state index contributed by atoms with van der Waals surface area (Å²) >= 11 is 3.92. The van der Waals surface area contributed by atoms with E-state index in [0.29, 0.717) is 21.4 Å². The van der Waals surface area contributed by atoms with E-state index in [1.54, 1.807) is 24.3 Å². The molecule has 24 heavy (non-hydrogen) atoms. The minimum absolute atomic E-state index is 0.169. The first-order valence-corrected chi connectivity index (χ1v) is 9.77. The van der Waals surface area contributed by atoms with Crippen molar-refractivity contribution in [2.24, 2.45) is 5.73 Å². The number of hydrogen-bond acceptors (Lipinski definition) is 4. The zero-order valence-electron chi connectivity index (χ0n) is 13.0. The molecule has 3 N–H and O–H groups in total. The number of nitrogens with one attached hydrogen (secondary N) is 1. The van der Waals surface area contributed by atoms with Gasteiger partial charge in [0.1, 0.15) is 0 Å². The average Bonchev–Trinajstić information content (AvgIpc) is 2.63. The number of hydrogen-bond donors (Lipinski definition) is 2. The first-order chi connectivity index (χ1) is 11.6. The number of carbonyl (C=O) groups excluding carboxylic acids is 2. The third-order valence-corrected chi connectivity index (χ3v) is 6.71. The second-order valence-electron chi connectivity index (χ2n) is 5.44. The van der Waals surface area contributed by atoms with Crippen molar-refractivity contribution >= 4 is 41.0 Å². The van der Waals surface area contributed by atoms with Gasteiger partial charge in [-0.25, -0.2) is 0 Å². The Balaban J connectivity index is 1.65. The molecule has 0 atom stereocenters. The maximum atomic E-state index is 12.3. The van der Waals surface area contributed by atoms with Crippen LogP contribution in [0.3, 0.4) is 0 Å². The molecule has 6 heteroatoms. The first-order valence-electron chi connectivity index (χ1n) is 7.68. The van der Waals surface area contributed by atoms with Gasteiger partial charge in [-0.1, -0.05) is 12.1 Å². The smallest absolute Gasteiger partial charge is 0.255 e. The number of benzene rings is 2. The molecule has 4 nitrogen and oxygen atoms in total. The lowest BCUT2D eigenvalue weighted by molar-refractivity contribution is 0.0998. The highest BCUT2D eigenvalue weighted by molar-refractivity contribution is 8.16. The van der Waals surface area contributed by atoms with Crippen molar-refractivity contribution in [1.82, 2.24) is 0 Å². The Morgan fingerprint density at radius 1 is 0.917 bits per heavy atom. The van der Waals surface area contributed by atoms with Crippen molar-refractivity contribution in [3.05, 3.63) is 65.2 Å². The van der Waals surface area contributed by atoms with E-state index in [2.05, 4.69) is 5.32 Å². The van der Waals surface area contributed by atoms with Crippen molar-refractivity contribution in [1.29, 1.82) is 0 Å². The van der Waals surface area contributed by atoms with Gasteiger partial charge in [-0.15, -0.1) is 23.5 Å². The van der Waals surface area contributed by atoms with Crippen LogP contribution in [0.2, 0.25) is 0 Å². The fraction of sp³-hybridized carbons (Fsp3) is 0.222. The third kappa shape index (κ3) is 4.13. The van der Waals surface area contributed by atoms with Crippen molar-refractivity contribution in [3.63, 3.8) is 0 Å². The molecule has 2 amide bonds. The summed E-state index contributed by atoms with van der Waals surface area (Å²) in [4.78, 5) is 23.4. The molecule has 0 bridgehead atoms. The molecule has 2 aromatic rings. The molecule has 1 aliphatic rings. The van der Waals surface area contributed by atoms with Crippen LogP contribution in [0.1, 0.15) is 37.3 Å². The first kappa shape index (κ1) is 16.9. The molecule has 0 aliphatic carbocycles. The van der Waals surface area contributed by atoms with Crippen LogP contribution >= 0.6 is 23.5 Å². The van der Waals surface area contributed by atoms with Crippen molar-refractivity contribution in [3.8, 4) is 0 Å². The van der Waals surface area contributed by atoms with E-state index in [1.807, 2.05) is 47.8 Å². The summed E-state index contributed by atoms with van der Waals surface area (Å²) in [6.07, 6.45) is 1.26. The number of thioether (sulfide) groups is 2. The Bertz CT molecular complexity index is 724. The van der Waals surface area contributed by atoms with Crippen LogP contribution in [0.25, 0.3) is 0 Å². The van der Waals surface area contributed by atoms with Gasteiger partial charge in [0, 0.05) is 16.8 Å². The Hall–Kier alpha value is -1.92. The summed E-state index contributed by atoms with van der Waals surface area (Å²) in [6.45, 7) is 0. The Morgan fingerprint density at radius 3 is 2.08 bits per heavy atom. The van der Waals surface area contributed by atoms with Gasteiger partial charge in [-0.2, -0.15) is 0 Å². The van der Waals surface area contributed by atoms with Gasteiger partial charge in [0.2, 0.25) is 5.91 Å². The summed E-state index contributed by atoms with van der Waals surface area (Å²) < 4.78 is 0.470. The van der Waals surface area contributed by atoms with Crippen LogP contribution in [0.4, 0.5) is 5.69 Å². The Kier molecular flexibility index (Phi) is 5.48. The predicted octanol–water partition coefficient (Wildman–Crippen LogP) is 3.91.